The largest absolute Gasteiger partial charge is 0.497 e. The second-order valence-corrected chi connectivity index (χ2v) is 7.99. The Bertz CT molecular complexity index is 741. The van der Waals surface area contributed by atoms with E-state index in [0.717, 1.165) is 24.3 Å². The molecule has 0 bridgehead atoms. The van der Waals surface area contributed by atoms with Crippen molar-refractivity contribution in [3.8, 4) is 11.4 Å². The number of amides is 1. The summed E-state index contributed by atoms with van der Waals surface area (Å²) < 4.78 is 6.84. The van der Waals surface area contributed by atoms with Gasteiger partial charge in [0.25, 0.3) is 0 Å². The zero-order valence-electron chi connectivity index (χ0n) is 16.2. The molecule has 3 rings (SSSR count). The molecule has 1 aromatic heterocycles. The Hall–Kier alpha value is -2.09. The van der Waals surface area contributed by atoms with Crippen molar-refractivity contribution in [3.05, 3.63) is 24.3 Å². The lowest BCUT2D eigenvalue weighted by molar-refractivity contribution is -0.133. The van der Waals surface area contributed by atoms with Crippen LogP contribution in [-0.4, -0.2) is 56.0 Å². The van der Waals surface area contributed by atoms with Gasteiger partial charge in [-0.1, -0.05) is 31.0 Å². The third-order valence-corrected chi connectivity index (χ3v) is 5.80. The minimum absolute atomic E-state index is 0.159. The maximum Gasteiger partial charge on any atom is 0.233 e. The van der Waals surface area contributed by atoms with Gasteiger partial charge in [0, 0.05) is 12.1 Å². The van der Waals surface area contributed by atoms with Gasteiger partial charge in [0.1, 0.15) is 5.75 Å². The van der Waals surface area contributed by atoms with Crippen LogP contribution in [0.25, 0.3) is 5.69 Å². The third kappa shape index (κ3) is 4.80. The van der Waals surface area contributed by atoms with Crippen molar-refractivity contribution in [1.29, 1.82) is 0 Å². The molecule has 27 heavy (non-hydrogen) atoms. The van der Waals surface area contributed by atoms with E-state index in [9.17, 15) is 4.79 Å². The molecule has 1 aliphatic carbocycles. The Morgan fingerprint density at radius 3 is 2.59 bits per heavy atom. The highest BCUT2D eigenvalue weighted by Gasteiger charge is 2.27. The molecule has 1 heterocycles. The van der Waals surface area contributed by atoms with E-state index >= 15 is 0 Å². The minimum Gasteiger partial charge on any atom is -0.497 e. The van der Waals surface area contributed by atoms with Crippen LogP contribution in [0.15, 0.2) is 29.4 Å². The zero-order valence-corrected chi connectivity index (χ0v) is 17.0. The Kier molecular flexibility index (Phi) is 6.71. The van der Waals surface area contributed by atoms with Crippen LogP contribution >= 0.6 is 11.8 Å². The minimum atomic E-state index is 0.159. The number of carbonyl (C=O) groups excluding carboxylic acids is 1. The number of tetrazole rings is 1. The molecule has 1 fully saturated rings. The molecule has 1 aliphatic rings. The summed E-state index contributed by atoms with van der Waals surface area (Å²) in [4.78, 5) is 15.0. The van der Waals surface area contributed by atoms with E-state index in [1.54, 1.807) is 11.8 Å². The first-order valence-electron chi connectivity index (χ1n) is 9.47. The highest BCUT2D eigenvalue weighted by Crippen LogP contribution is 2.26. The molecule has 0 atom stereocenters. The molecule has 1 saturated carbocycles. The molecular formula is C19H27N5O2S. The topological polar surface area (TPSA) is 73.1 Å². The fourth-order valence-electron chi connectivity index (χ4n) is 3.63. The SMILES string of the molecule is COc1ccc(-n2nnnc2SCC(=O)N(C(C)C)C2CCCCC2)cc1. The van der Waals surface area contributed by atoms with Crippen molar-refractivity contribution in [1.82, 2.24) is 25.1 Å². The fourth-order valence-corrected chi connectivity index (χ4v) is 4.39. The number of methoxy groups -OCH3 is 1. The van der Waals surface area contributed by atoms with Crippen molar-refractivity contribution in [2.75, 3.05) is 12.9 Å². The number of aromatic nitrogens is 4. The first-order chi connectivity index (χ1) is 13.1. The number of carbonyl (C=O) groups is 1. The number of ether oxygens (including phenoxy) is 1. The van der Waals surface area contributed by atoms with Crippen LogP contribution in [0.4, 0.5) is 0 Å². The third-order valence-electron chi connectivity index (χ3n) is 4.90. The molecule has 1 aromatic carbocycles. The maximum absolute atomic E-state index is 12.9. The summed E-state index contributed by atoms with van der Waals surface area (Å²) in [5.41, 5.74) is 0.837. The molecule has 1 amide bonds. The van der Waals surface area contributed by atoms with E-state index < -0.39 is 0 Å². The molecule has 2 aromatic rings. The number of hydrogen-bond donors (Lipinski definition) is 0. The van der Waals surface area contributed by atoms with Crippen molar-refractivity contribution < 1.29 is 9.53 Å². The second kappa shape index (κ2) is 9.21. The monoisotopic (exact) mass is 389 g/mol. The average Bonchev–Trinajstić information content (AvgIpc) is 3.16. The van der Waals surface area contributed by atoms with Gasteiger partial charge in [-0.3, -0.25) is 4.79 Å². The quantitative estimate of drug-likeness (QED) is 0.676. The van der Waals surface area contributed by atoms with Crippen LogP contribution in [0.1, 0.15) is 46.0 Å². The number of hydrogen-bond acceptors (Lipinski definition) is 6. The van der Waals surface area contributed by atoms with E-state index in [1.165, 1.54) is 31.0 Å². The van der Waals surface area contributed by atoms with Crippen molar-refractivity contribution >= 4 is 17.7 Å². The summed E-state index contributed by atoms with van der Waals surface area (Å²) in [5.74, 6) is 1.27. The van der Waals surface area contributed by atoms with Crippen LogP contribution in [0.2, 0.25) is 0 Å². The average molecular weight is 390 g/mol. The van der Waals surface area contributed by atoms with Gasteiger partial charge in [-0.15, -0.1) is 5.10 Å². The predicted octanol–water partition coefficient (Wildman–Crippen LogP) is 3.33. The number of benzene rings is 1. The van der Waals surface area contributed by atoms with Crippen LogP contribution in [-0.2, 0) is 4.79 Å². The van der Waals surface area contributed by atoms with Crippen molar-refractivity contribution in [2.24, 2.45) is 0 Å². The molecule has 0 N–H and O–H groups in total. The summed E-state index contributed by atoms with van der Waals surface area (Å²) in [6.45, 7) is 4.19. The van der Waals surface area contributed by atoms with Gasteiger partial charge in [-0.25, -0.2) is 0 Å². The molecule has 146 valence electrons. The van der Waals surface area contributed by atoms with Gasteiger partial charge in [0.05, 0.1) is 18.6 Å². The van der Waals surface area contributed by atoms with Crippen molar-refractivity contribution in [2.45, 2.75) is 63.2 Å². The standard InChI is InChI=1S/C19H27N5O2S/c1-14(2)23(15-7-5-4-6-8-15)18(25)13-27-19-20-21-22-24(19)16-9-11-17(26-3)12-10-16/h9-12,14-15H,4-8,13H2,1-3H3. The molecule has 0 spiro atoms. The van der Waals surface area contributed by atoms with Gasteiger partial charge < -0.3 is 9.64 Å². The summed E-state index contributed by atoms with van der Waals surface area (Å²) in [6.07, 6.45) is 5.92. The highest BCUT2D eigenvalue weighted by atomic mass is 32.2. The first-order valence-corrected chi connectivity index (χ1v) is 10.5. The number of thioether (sulfide) groups is 1. The molecule has 0 unspecified atom stereocenters. The Morgan fingerprint density at radius 2 is 1.96 bits per heavy atom. The van der Waals surface area contributed by atoms with Gasteiger partial charge in [0.15, 0.2) is 0 Å². The van der Waals surface area contributed by atoms with E-state index in [4.69, 9.17) is 4.74 Å². The highest BCUT2D eigenvalue weighted by molar-refractivity contribution is 7.99. The summed E-state index contributed by atoms with van der Waals surface area (Å²) in [6, 6.07) is 8.08. The smallest absolute Gasteiger partial charge is 0.233 e. The predicted molar refractivity (Wildman–Crippen MR) is 105 cm³/mol. The Balaban J connectivity index is 1.67. The lowest BCUT2D eigenvalue weighted by Gasteiger charge is -2.37. The van der Waals surface area contributed by atoms with Gasteiger partial charge in [-0.2, -0.15) is 4.68 Å². The van der Waals surface area contributed by atoms with Crippen LogP contribution in [0, 0.1) is 0 Å². The lowest BCUT2D eigenvalue weighted by Crippen LogP contribution is -2.46. The molecule has 0 aliphatic heterocycles. The van der Waals surface area contributed by atoms with Crippen molar-refractivity contribution in [3.63, 3.8) is 0 Å². The van der Waals surface area contributed by atoms with Gasteiger partial charge >= 0.3 is 0 Å². The lowest BCUT2D eigenvalue weighted by atomic mass is 9.93. The molecule has 0 saturated heterocycles. The summed E-state index contributed by atoms with van der Waals surface area (Å²) in [5, 5.41) is 12.5. The van der Waals surface area contributed by atoms with Crippen LogP contribution < -0.4 is 4.74 Å². The maximum atomic E-state index is 12.9. The van der Waals surface area contributed by atoms with Crippen LogP contribution in [0.3, 0.4) is 0 Å². The number of rotatable bonds is 7. The Morgan fingerprint density at radius 1 is 1.26 bits per heavy atom. The van der Waals surface area contributed by atoms with E-state index in [-0.39, 0.29) is 11.9 Å². The number of nitrogens with zero attached hydrogens (tertiary/aromatic N) is 5. The van der Waals surface area contributed by atoms with E-state index in [2.05, 4.69) is 34.3 Å². The first kappa shape index (κ1) is 19.7. The molecule has 7 nitrogen and oxygen atoms in total. The van der Waals surface area contributed by atoms with Gasteiger partial charge in [-0.05, 0) is 61.4 Å². The summed E-state index contributed by atoms with van der Waals surface area (Å²) in [7, 11) is 1.63. The fraction of sp³-hybridized carbons (Fsp3) is 0.579. The normalized spacial score (nSPS) is 15.1. The van der Waals surface area contributed by atoms with Gasteiger partial charge in [0.2, 0.25) is 11.1 Å². The zero-order chi connectivity index (χ0) is 19.2. The second-order valence-electron chi connectivity index (χ2n) is 7.05. The molecule has 8 heteroatoms. The molecule has 0 radical (unpaired) electrons. The molecular weight excluding hydrogens is 362 g/mol. The summed E-state index contributed by atoms with van der Waals surface area (Å²) >= 11 is 1.38. The van der Waals surface area contributed by atoms with E-state index in [0.29, 0.717) is 17.0 Å². The Labute approximate surface area is 164 Å². The van der Waals surface area contributed by atoms with E-state index in [1.807, 2.05) is 24.3 Å². The van der Waals surface area contributed by atoms with Crippen LogP contribution in [0.5, 0.6) is 5.75 Å².